The fourth-order valence-electron chi connectivity index (χ4n) is 2.07. The molecule has 0 bridgehead atoms. The second-order valence-electron chi connectivity index (χ2n) is 4.09. The number of aromatic nitrogens is 3. The lowest BCUT2D eigenvalue weighted by atomic mass is 10.2. The molecule has 4 nitrogen and oxygen atoms in total. The summed E-state index contributed by atoms with van der Waals surface area (Å²) in [6.07, 6.45) is 3.80. The number of carbonyl (C=O) groups excluding carboxylic acids is 1. The minimum Gasteiger partial charge on any atom is -0.342 e. The SMILES string of the molecule is Cn1c(-c2cnc(C=O)cn2)cc2ccccc21. The van der Waals surface area contributed by atoms with Gasteiger partial charge in [-0.25, -0.2) is 4.98 Å². The van der Waals surface area contributed by atoms with E-state index in [2.05, 4.69) is 32.7 Å². The molecule has 1 aromatic carbocycles. The Bertz CT molecular complexity index is 713. The Morgan fingerprint density at radius 1 is 1.17 bits per heavy atom. The fourth-order valence-corrected chi connectivity index (χ4v) is 2.07. The number of nitrogens with zero attached hydrogens (tertiary/aromatic N) is 3. The van der Waals surface area contributed by atoms with Crippen molar-refractivity contribution in [1.29, 1.82) is 0 Å². The zero-order valence-electron chi connectivity index (χ0n) is 9.87. The minimum atomic E-state index is 0.345. The number of aldehydes is 1. The van der Waals surface area contributed by atoms with Crippen LogP contribution in [0.5, 0.6) is 0 Å². The van der Waals surface area contributed by atoms with Crippen LogP contribution in [0.3, 0.4) is 0 Å². The van der Waals surface area contributed by atoms with E-state index in [1.165, 1.54) is 6.20 Å². The third-order valence-corrected chi connectivity index (χ3v) is 3.01. The summed E-state index contributed by atoms with van der Waals surface area (Å²) in [7, 11) is 1.99. The lowest BCUT2D eigenvalue weighted by molar-refractivity contribution is 0.111. The molecular weight excluding hydrogens is 226 g/mol. The Hall–Kier alpha value is -2.49. The Balaban J connectivity index is 2.18. The molecule has 4 heteroatoms. The van der Waals surface area contributed by atoms with Gasteiger partial charge in [0.2, 0.25) is 0 Å². The van der Waals surface area contributed by atoms with E-state index in [0.29, 0.717) is 12.0 Å². The van der Waals surface area contributed by atoms with Gasteiger partial charge in [-0.1, -0.05) is 18.2 Å². The van der Waals surface area contributed by atoms with E-state index in [-0.39, 0.29) is 0 Å². The Morgan fingerprint density at radius 2 is 2.00 bits per heavy atom. The number of para-hydroxylation sites is 1. The second-order valence-corrected chi connectivity index (χ2v) is 4.09. The molecule has 0 atom stereocenters. The lowest BCUT2D eigenvalue weighted by Gasteiger charge is -2.03. The van der Waals surface area contributed by atoms with Crippen LogP contribution in [0.15, 0.2) is 42.7 Å². The van der Waals surface area contributed by atoms with Gasteiger partial charge in [-0.3, -0.25) is 9.78 Å². The van der Waals surface area contributed by atoms with Gasteiger partial charge in [0.1, 0.15) is 11.4 Å². The third kappa shape index (κ3) is 1.59. The molecule has 0 aliphatic heterocycles. The van der Waals surface area contributed by atoms with Crippen molar-refractivity contribution in [2.24, 2.45) is 7.05 Å². The molecule has 18 heavy (non-hydrogen) atoms. The van der Waals surface area contributed by atoms with Crippen molar-refractivity contribution in [3.8, 4) is 11.4 Å². The molecular formula is C14H11N3O. The molecule has 0 N–H and O–H groups in total. The number of hydrogen-bond acceptors (Lipinski definition) is 3. The van der Waals surface area contributed by atoms with E-state index in [0.717, 1.165) is 22.3 Å². The summed E-state index contributed by atoms with van der Waals surface area (Å²) in [5.74, 6) is 0. The first-order valence-electron chi connectivity index (χ1n) is 5.61. The number of benzene rings is 1. The predicted molar refractivity (Wildman–Crippen MR) is 69.3 cm³/mol. The van der Waals surface area contributed by atoms with Crippen LogP contribution in [0.25, 0.3) is 22.3 Å². The maximum atomic E-state index is 10.6. The van der Waals surface area contributed by atoms with Crippen LogP contribution in [0.2, 0.25) is 0 Å². The molecule has 0 saturated heterocycles. The van der Waals surface area contributed by atoms with Crippen LogP contribution in [-0.2, 0) is 7.05 Å². The van der Waals surface area contributed by atoms with E-state index in [4.69, 9.17) is 0 Å². The third-order valence-electron chi connectivity index (χ3n) is 3.01. The Morgan fingerprint density at radius 3 is 2.67 bits per heavy atom. The maximum Gasteiger partial charge on any atom is 0.170 e. The summed E-state index contributed by atoms with van der Waals surface area (Å²) < 4.78 is 2.07. The van der Waals surface area contributed by atoms with Gasteiger partial charge in [-0.05, 0) is 12.1 Å². The quantitative estimate of drug-likeness (QED) is 0.643. The molecule has 2 heterocycles. The van der Waals surface area contributed by atoms with Crippen molar-refractivity contribution >= 4 is 17.2 Å². The summed E-state index contributed by atoms with van der Waals surface area (Å²) in [6.45, 7) is 0. The number of rotatable bonds is 2. The van der Waals surface area contributed by atoms with Gasteiger partial charge >= 0.3 is 0 Å². The number of carbonyl (C=O) groups is 1. The van der Waals surface area contributed by atoms with E-state index in [1.807, 2.05) is 19.2 Å². The summed E-state index contributed by atoms with van der Waals surface area (Å²) in [4.78, 5) is 18.9. The molecule has 0 aliphatic carbocycles. The molecule has 3 aromatic rings. The van der Waals surface area contributed by atoms with Gasteiger partial charge in [0, 0.05) is 18.0 Å². The highest BCUT2D eigenvalue weighted by atomic mass is 16.1. The lowest BCUT2D eigenvalue weighted by Crippen LogP contribution is -1.95. The van der Waals surface area contributed by atoms with Crippen LogP contribution < -0.4 is 0 Å². The first-order valence-corrected chi connectivity index (χ1v) is 5.61. The molecule has 0 saturated carbocycles. The molecule has 2 aromatic heterocycles. The van der Waals surface area contributed by atoms with Crippen LogP contribution in [0, 0.1) is 0 Å². The van der Waals surface area contributed by atoms with Gasteiger partial charge in [-0.15, -0.1) is 0 Å². The van der Waals surface area contributed by atoms with Gasteiger partial charge < -0.3 is 4.57 Å². The van der Waals surface area contributed by atoms with Crippen LogP contribution >= 0.6 is 0 Å². The van der Waals surface area contributed by atoms with Crippen molar-refractivity contribution in [3.05, 3.63) is 48.4 Å². The minimum absolute atomic E-state index is 0.345. The summed E-state index contributed by atoms with van der Waals surface area (Å²) in [6, 6.07) is 10.2. The average molecular weight is 237 g/mol. The average Bonchev–Trinajstić information content (AvgIpc) is 2.77. The van der Waals surface area contributed by atoms with E-state index >= 15 is 0 Å². The smallest absolute Gasteiger partial charge is 0.170 e. The van der Waals surface area contributed by atoms with Crippen LogP contribution in [0.4, 0.5) is 0 Å². The molecule has 88 valence electrons. The van der Waals surface area contributed by atoms with E-state index in [9.17, 15) is 4.79 Å². The highest BCUT2D eigenvalue weighted by molar-refractivity contribution is 5.86. The number of aryl methyl sites for hydroxylation is 1. The van der Waals surface area contributed by atoms with Crippen LogP contribution in [0.1, 0.15) is 10.5 Å². The largest absolute Gasteiger partial charge is 0.342 e. The standard InChI is InChI=1S/C14H11N3O/c1-17-13-5-3-2-4-10(13)6-14(17)12-8-15-11(9-18)7-16-12/h2-9H,1H3. The molecule has 3 rings (SSSR count). The Kier molecular flexibility index (Phi) is 2.41. The van der Waals surface area contributed by atoms with Crippen LogP contribution in [-0.4, -0.2) is 20.8 Å². The van der Waals surface area contributed by atoms with Crippen molar-refractivity contribution < 1.29 is 4.79 Å². The predicted octanol–water partition coefficient (Wildman–Crippen LogP) is 2.45. The zero-order valence-corrected chi connectivity index (χ0v) is 9.87. The van der Waals surface area contributed by atoms with Gasteiger partial charge in [0.05, 0.1) is 18.1 Å². The monoisotopic (exact) mass is 237 g/mol. The molecule has 0 fully saturated rings. The normalized spacial score (nSPS) is 10.7. The zero-order chi connectivity index (χ0) is 12.5. The van der Waals surface area contributed by atoms with Gasteiger partial charge in [0.15, 0.2) is 6.29 Å². The molecule has 0 spiro atoms. The summed E-state index contributed by atoms with van der Waals surface area (Å²) >= 11 is 0. The first kappa shape index (κ1) is 10.7. The molecule has 0 radical (unpaired) electrons. The first-order chi connectivity index (χ1) is 8.79. The van der Waals surface area contributed by atoms with Gasteiger partial charge in [-0.2, -0.15) is 0 Å². The van der Waals surface area contributed by atoms with Crippen molar-refractivity contribution in [1.82, 2.24) is 14.5 Å². The van der Waals surface area contributed by atoms with E-state index < -0.39 is 0 Å². The van der Waals surface area contributed by atoms with Crippen molar-refractivity contribution in [2.45, 2.75) is 0 Å². The van der Waals surface area contributed by atoms with Gasteiger partial charge in [0.25, 0.3) is 0 Å². The highest BCUT2D eigenvalue weighted by Crippen LogP contribution is 2.25. The Labute approximate surface area is 104 Å². The second kappa shape index (κ2) is 4.07. The topological polar surface area (TPSA) is 47.8 Å². The van der Waals surface area contributed by atoms with E-state index in [1.54, 1.807) is 6.20 Å². The summed E-state index contributed by atoms with van der Waals surface area (Å²) in [5.41, 5.74) is 3.24. The molecule has 0 amide bonds. The fraction of sp³-hybridized carbons (Fsp3) is 0.0714. The van der Waals surface area contributed by atoms with Crippen molar-refractivity contribution in [3.63, 3.8) is 0 Å². The number of fused-ring (bicyclic) bond motifs is 1. The van der Waals surface area contributed by atoms with Crippen molar-refractivity contribution in [2.75, 3.05) is 0 Å². The molecule has 0 unspecified atom stereocenters. The molecule has 0 aliphatic rings. The summed E-state index contributed by atoms with van der Waals surface area (Å²) in [5, 5.41) is 1.16. The number of hydrogen-bond donors (Lipinski definition) is 0. The highest BCUT2D eigenvalue weighted by Gasteiger charge is 2.08. The maximum absolute atomic E-state index is 10.6.